The normalized spacial score (nSPS) is 25.6. The second-order valence-corrected chi connectivity index (χ2v) is 9.88. The van der Waals surface area contributed by atoms with Gasteiger partial charge in [-0.2, -0.15) is 0 Å². The van der Waals surface area contributed by atoms with Crippen molar-refractivity contribution in [3.63, 3.8) is 0 Å². The fourth-order valence-corrected chi connectivity index (χ4v) is 5.39. The fourth-order valence-electron chi connectivity index (χ4n) is 5.39. The molecule has 3 aliphatic rings. The number of benzene rings is 1. The highest BCUT2D eigenvalue weighted by Gasteiger charge is 2.40. The average molecular weight is 427 g/mol. The van der Waals surface area contributed by atoms with Crippen molar-refractivity contribution in [2.75, 3.05) is 20.8 Å². The van der Waals surface area contributed by atoms with Crippen molar-refractivity contribution >= 4 is 5.97 Å². The van der Waals surface area contributed by atoms with Gasteiger partial charge in [0.15, 0.2) is 0 Å². The summed E-state index contributed by atoms with van der Waals surface area (Å²) in [5.41, 5.74) is 3.94. The quantitative estimate of drug-likeness (QED) is 0.585. The van der Waals surface area contributed by atoms with E-state index in [1.54, 1.807) is 0 Å². The van der Waals surface area contributed by atoms with Crippen molar-refractivity contribution in [3.8, 4) is 11.5 Å². The lowest BCUT2D eigenvalue weighted by molar-refractivity contribution is -0.141. The third kappa shape index (κ3) is 4.38. The van der Waals surface area contributed by atoms with Gasteiger partial charge in [0.05, 0.1) is 26.2 Å². The Morgan fingerprint density at radius 2 is 2.06 bits per heavy atom. The van der Waals surface area contributed by atoms with E-state index in [4.69, 9.17) is 18.9 Å². The first-order valence-electron chi connectivity index (χ1n) is 11.2. The number of hydrogen-bond acceptors (Lipinski definition) is 5. The number of hydrogen-bond donors (Lipinski definition) is 0. The number of esters is 1. The maximum atomic E-state index is 11.6. The summed E-state index contributed by atoms with van der Waals surface area (Å²) < 4.78 is 23.0. The molecule has 0 saturated carbocycles. The second-order valence-electron chi connectivity index (χ2n) is 9.88. The molecule has 1 heterocycles. The number of methoxy groups -OCH3 is 2. The fraction of sp³-hybridized carbons (Fsp3) is 0.577. The Morgan fingerprint density at radius 3 is 2.77 bits per heavy atom. The number of fused-ring (bicyclic) bond motifs is 1. The Morgan fingerprint density at radius 1 is 1.26 bits per heavy atom. The van der Waals surface area contributed by atoms with Crippen LogP contribution in [-0.4, -0.2) is 39.0 Å². The molecule has 0 amide bonds. The summed E-state index contributed by atoms with van der Waals surface area (Å²) in [6.07, 6.45) is 8.14. The zero-order valence-electron chi connectivity index (χ0n) is 19.3. The average Bonchev–Trinajstić information content (AvgIpc) is 3.32. The summed E-state index contributed by atoms with van der Waals surface area (Å²) in [6, 6.07) is 5.98. The molecule has 4 atom stereocenters. The third-order valence-corrected chi connectivity index (χ3v) is 6.79. The summed E-state index contributed by atoms with van der Waals surface area (Å²) in [6.45, 7) is 7.25. The lowest BCUT2D eigenvalue weighted by Gasteiger charge is -2.38. The van der Waals surface area contributed by atoms with E-state index in [9.17, 15) is 4.79 Å². The van der Waals surface area contributed by atoms with Crippen LogP contribution in [-0.2, 0) is 14.3 Å². The van der Waals surface area contributed by atoms with Crippen LogP contribution in [0.15, 0.2) is 41.5 Å². The molecular formula is C26H34O5. The standard InChI is InChI=1S/C26H34O5/c1-26(2,3)25(29-5)21-8-6-7-20-19(21)11-12-22(20)31-17-9-10-18-16(13-24(27)28-4)15-30-23(18)14-17/h6-7,9-10,14,16,21-22,25H,8,11-13,15H2,1-5H3/t16-,21?,22-,25?/m1/s1. The minimum Gasteiger partial charge on any atom is -0.492 e. The van der Waals surface area contributed by atoms with E-state index in [1.807, 2.05) is 25.3 Å². The molecule has 4 rings (SSSR count). The van der Waals surface area contributed by atoms with E-state index < -0.39 is 0 Å². The van der Waals surface area contributed by atoms with E-state index in [0.29, 0.717) is 18.9 Å². The van der Waals surface area contributed by atoms with Gasteiger partial charge in [-0.25, -0.2) is 0 Å². The van der Waals surface area contributed by atoms with Crippen LogP contribution >= 0.6 is 0 Å². The molecule has 0 saturated heterocycles. The number of carbonyl (C=O) groups is 1. The van der Waals surface area contributed by atoms with Gasteiger partial charge in [-0.3, -0.25) is 4.79 Å². The Labute approximate surface area is 185 Å². The molecule has 1 aromatic rings. The van der Waals surface area contributed by atoms with Gasteiger partial charge in [0.1, 0.15) is 17.6 Å². The minimum atomic E-state index is -0.213. The smallest absolute Gasteiger partial charge is 0.306 e. The van der Waals surface area contributed by atoms with Crippen LogP contribution < -0.4 is 9.47 Å². The van der Waals surface area contributed by atoms with Gasteiger partial charge in [-0.05, 0) is 36.3 Å². The number of allylic oxidation sites excluding steroid dienone is 1. The summed E-state index contributed by atoms with van der Waals surface area (Å²) in [5, 5.41) is 0. The summed E-state index contributed by atoms with van der Waals surface area (Å²) in [7, 11) is 3.25. The zero-order chi connectivity index (χ0) is 22.2. The van der Waals surface area contributed by atoms with Crippen LogP contribution in [0.3, 0.4) is 0 Å². The number of ether oxygens (including phenoxy) is 4. The van der Waals surface area contributed by atoms with Gasteiger partial charge in [-0.1, -0.05) is 44.6 Å². The lowest BCUT2D eigenvalue weighted by atomic mass is 9.74. The summed E-state index contributed by atoms with van der Waals surface area (Å²) in [5.74, 6) is 1.85. The number of carbonyl (C=O) groups excluding carboxylic acids is 1. The molecule has 0 fully saturated rings. The maximum absolute atomic E-state index is 11.6. The van der Waals surface area contributed by atoms with Gasteiger partial charge >= 0.3 is 5.97 Å². The Bertz CT molecular complexity index is 892. The molecule has 2 unspecified atom stereocenters. The van der Waals surface area contributed by atoms with Crippen LogP contribution in [0.5, 0.6) is 11.5 Å². The van der Waals surface area contributed by atoms with E-state index in [-0.39, 0.29) is 29.5 Å². The van der Waals surface area contributed by atoms with Crippen LogP contribution in [0.4, 0.5) is 0 Å². The second kappa shape index (κ2) is 8.70. The van der Waals surface area contributed by atoms with Crippen molar-refractivity contribution in [3.05, 3.63) is 47.1 Å². The van der Waals surface area contributed by atoms with Gasteiger partial charge in [0, 0.05) is 30.6 Å². The molecule has 31 heavy (non-hydrogen) atoms. The van der Waals surface area contributed by atoms with Crippen molar-refractivity contribution in [2.45, 2.75) is 64.6 Å². The molecule has 0 radical (unpaired) electrons. The topological polar surface area (TPSA) is 54.0 Å². The molecule has 168 valence electrons. The van der Waals surface area contributed by atoms with Gasteiger partial charge in [0.2, 0.25) is 0 Å². The maximum Gasteiger partial charge on any atom is 0.306 e. The molecule has 5 nitrogen and oxygen atoms in total. The van der Waals surface area contributed by atoms with Crippen LogP contribution in [0.25, 0.3) is 0 Å². The van der Waals surface area contributed by atoms with Gasteiger partial charge in [-0.15, -0.1) is 0 Å². The summed E-state index contributed by atoms with van der Waals surface area (Å²) >= 11 is 0. The van der Waals surface area contributed by atoms with Crippen LogP contribution in [0.2, 0.25) is 0 Å². The Hall–Kier alpha value is -2.27. The molecule has 2 aliphatic carbocycles. The first kappa shape index (κ1) is 21.9. The molecule has 0 bridgehead atoms. The van der Waals surface area contributed by atoms with Crippen molar-refractivity contribution in [1.29, 1.82) is 0 Å². The largest absolute Gasteiger partial charge is 0.492 e. The highest BCUT2D eigenvalue weighted by Crippen LogP contribution is 2.45. The Balaban J connectivity index is 1.50. The molecule has 1 aliphatic heterocycles. The number of rotatable bonds is 6. The molecule has 0 aromatic heterocycles. The van der Waals surface area contributed by atoms with E-state index in [0.717, 1.165) is 36.3 Å². The first-order chi connectivity index (χ1) is 14.8. The summed E-state index contributed by atoms with van der Waals surface area (Å²) in [4.78, 5) is 11.6. The zero-order valence-corrected chi connectivity index (χ0v) is 19.3. The molecule has 1 aromatic carbocycles. The molecule has 5 heteroatoms. The SMILES string of the molecule is COC(=O)C[C@@H]1COc2cc(O[C@@H]3CCC4=C3C=CCC4C(OC)C(C)(C)C)ccc21. The van der Waals surface area contributed by atoms with Crippen molar-refractivity contribution in [2.24, 2.45) is 11.3 Å². The van der Waals surface area contributed by atoms with E-state index >= 15 is 0 Å². The van der Waals surface area contributed by atoms with Crippen LogP contribution in [0.1, 0.15) is 57.9 Å². The highest BCUT2D eigenvalue weighted by atomic mass is 16.5. The first-order valence-corrected chi connectivity index (χ1v) is 11.2. The van der Waals surface area contributed by atoms with Crippen LogP contribution in [0, 0.1) is 11.3 Å². The minimum absolute atomic E-state index is 0.0442. The third-order valence-electron chi connectivity index (χ3n) is 6.79. The van der Waals surface area contributed by atoms with E-state index in [1.165, 1.54) is 18.3 Å². The van der Waals surface area contributed by atoms with Crippen molar-refractivity contribution < 1.29 is 23.7 Å². The highest BCUT2D eigenvalue weighted by molar-refractivity contribution is 5.71. The molecular weight excluding hydrogens is 392 g/mol. The van der Waals surface area contributed by atoms with Crippen molar-refractivity contribution in [1.82, 2.24) is 0 Å². The Kier molecular flexibility index (Phi) is 6.16. The predicted molar refractivity (Wildman–Crippen MR) is 119 cm³/mol. The van der Waals surface area contributed by atoms with E-state index in [2.05, 4.69) is 32.9 Å². The monoisotopic (exact) mass is 426 g/mol. The predicted octanol–water partition coefficient (Wildman–Crippen LogP) is 5.20. The lowest BCUT2D eigenvalue weighted by Crippen LogP contribution is -2.37. The molecule has 0 spiro atoms. The van der Waals surface area contributed by atoms with Gasteiger partial charge < -0.3 is 18.9 Å². The van der Waals surface area contributed by atoms with Gasteiger partial charge in [0.25, 0.3) is 0 Å². The molecule has 0 N–H and O–H groups in total.